The van der Waals surface area contributed by atoms with Crippen LogP contribution in [0.2, 0.25) is 0 Å². The van der Waals surface area contributed by atoms with Crippen LogP contribution in [0.15, 0.2) is 42.5 Å². The van der Waals surface area contributed by atoms with E-state index >= 15 is 0 Å². The van der Waals surface area contributed by atoms with E-state index in [9.17, 15) is 9.90 Å². The molecule has 24 heavy (non-hydrogen) atoms. The van der Waals surface area contributed by atoms with Crippen molar-refractivity contribution >= 4 is 11.6 Å². The van der Waals surface area contributed by atoms with Crippen molar-refractivity contribution in [1.82, 2.24) is 0 Å². The third-order valence-electron chi connectivity index (χ3n) is 4.34. The predicted molar refractivity (Wildman–Crippen MR) is 94.7 cm³/mol. The predicted octanol–water partition coefficient (Wildman–Crippen LogP) is 3.70. The largest absolute Gasteiger partial charge is 0.508 e. The number of nitrogens with zero attached hydrogens (tertiary/aromatic N) is 1. The van der Waals surface area contributed by atoms with Crippen LogP contribution in [-0.2, 0) is 17.6 Å². The molecule has 0 radical (unpaired) electrons. The average Bonchev–Trinajstić information content (AvgIpc) is 2.60. The maximum atomic E-state index is 12.8. The molecule has 2 aromatic rings. The zero-order valence-electron chi connectivity index (χ0n) is 14.2. The first kappa shape index (κ1) is 16.4. The number of phenolic OH excluding ortho intramolecular Hbond substituents is 1. The fourth-order valence-corrected chi connectivity index (χ4v) is 3.02. The molecule has 4 nitrogen and oxygen atoms in total. The minimum atomic E-state index is -0.527. The monoisotopic (exact) mass is 325 g/mol. The van der Waals surface area contributed by atoms with E-state index in [1.807, 2.05) is 6.92 Å². The lowest BCUT2D eigenvalue weighted by molar-refractivity contribution is -0.126. The van der Waals surface area contributed by atoms with E-state index in [-0.39, 0.29) is 11.7 Å². The quantitative estimate of drug-likeness (QED) is 0.912. The van der Waals surface area contributed by atoms with Crippen LogP contribution < -0.4 is 9.64 Å². The SMILES string of the molecule is CCCN1C(=O)C(Cc2ccc(CC)cc2)Oc2ccc(O)cc21. The summed E-state index contributed by atoms with van der Waals surface area (Å²) >= 11 is 0. The van der Waals surface area contributed by atoms with Crippen LogP contribution in [0.25, 0.3) is 0 Å². The maximum absolute atomic E-state index is 12.8. The van der Waals surface area contributed by atoms with Gasteiger partial charge in [-0.1, -0.05) is 38.1 Å². The average molecular weight is 325 g/mol. The van der Waals surface area contributed by atoms with Gasteiger partial charge in [0.2, 0.25) is 0 Å². The van der Waals surface area contributed by atoms with Crippen LogP contribution in [0.5, 0.6) is 11.5 Å². The number of ether oxygens (including phenoxy) is 1. The minimum Gasteiger partial charge on any atom is -0.508 e. The number of aromatic hydroxyl groups is 1. The van der Waals surface area contributed by atoms with Crippen molar-refractivity contribution in [3.8, 4) is 11.5 Å². The molecular weight excluding hydrogens is 302 g/mol. The molecule has 0 bridgehead atoms. The number of carbonyl (C=O) groups is 1. The zero-order chi connectivity index (χ0) is 17.1. The Morgan fingerprint density at radius 2 is 1.79 bits per heavy atom. The van der Waals surface area contributed by atoms with Crippen molar-refractivity contribution in [2.24, 2.45) is 0 Å². The van der Waals surface area contributed by atoms with Crippen LogP contribution in [0.4, 0.5) is 5.69 Å². The second-order valence-electron chi connectivity index (χ2n) is 6.12. The fraction of sp³-hybridized carbons (Fsp3) is 0.350. The van der Waals surface area contributed by atoms with E-state index in [4.69, 9.17) is 4.74 Å². The number of hydrogen-bond donors (Lipinski definition) is 1. The van der Waals surface area contributed by atoms with Crippen molar-refractivity contribution in [1.29, 1.82) is 0 Å². The smallest absolute Gasteiger partial charge is 0.268 e. The lowest BCUT2D eigenvalue weighted by atomic mass is 10.0. The molecule has 0 saturated carbocycles. The standard InChI is InChI=1S/C20H23NO3/c1-3-11-21-17-13-16(22)9-10-18(17)24-19(20(21)23)12-15-7-5-14(4-2)6-8-15/h5-10,13,19,22H,3-4,11-12H2,1-2H3. The van der Waals surface area contributed by atoms with Crippen molar-refractivity contribution in [2.75, 3.05) is 11.4 Å². The molecule has 1 atom stereocenters. The minimum absolute atomic E-state index is 0.0467. The molecule has 126 valence electrons. The summed E-state index contributed by atoms with van der Waals surface area (Å²) in [6, 6.07) is 13.2. The summed E-state index contributed by atoms with van der Waals surface area (Å²) in [4.78, 5) is 14.6. The lowest BCUT2D eigenvalue weighted by Crippen LogP contribution is -2.47. The van der Waals surface area contributed by atoms with Crippen LogP contribution in [-0.4, -0.2) is 23.7 Å². The summed E-state index contributed by atoms with van der Waals surface area (Å²) in [5.74, 6) is 0.741. The number of phenols is 1. The van der Waals surface area contributed by atoms with Gasteiger partial charge in [0.25, 0.3) is 5.91 Å². The first-order valence-corrected chi connectivity index (χ1v) is 8.51. The highest BCUT2D eigenvalue weighted by Gasteiger charge is 2.34. The van der Waals surface area contributed by atoms with E-state index in [1.165, 1.54) is 5.56 Å². The summed E-state index contributed by atoms with van der Waals surface area (Å²) in [6.45, 7) is 4.77. The van der Waals surface area contributed by atoms with E-state index < -0.39 is 6.10 Å². The van der Waals surface area contributed by atoms with Crippen molar-refractivity contribution < 1.29 is 14.6 Å². The number of fused-ring (bicyclic) bond motifs is 1. The molecule has 4 heteroatoms. The van der Waals surface area contributed by atoms with Crippen LogP contribution in [0.1, 0.15) is 31.4 Å². The van der Waals surface area contributed by atoms with Crippen LogP contribution in [0.3, 0.4) is 0 Å². The fourth-order valence-electron chi connectivity index (χ4n) is 3.02. The number of anilines is 1. The van der Waals surface area contributed by atoms with Crippen LogP contribution >= 0.6 is 0 Å². The van der Waals surface area contributed by atoms with Gasteiger partial charge in [0.1, 0.15) is 11.5 Å². The number of rotatable bonds is 5. The Balaban J connectivity index is 1.86. The molecule has 0 aromatic heterocycles. The van der Waals surface area contributed by atoms with Gasteiger partial charge in [-0.25, -0.2) is 0 Å². The number of aryl methyl sites for hydroxylation is 1. The van der Waals surface area contributed by atoms with Crippen molar-refractivity contribution in [3.63, 3.8) is 0 Å². The van der Waals surface area contributed by atoms with Gasteiger partial charge >= 0.3 is 0 Å². The second kappa shape index (κ2) is 6.95. The Hall–Kier alpha value is -2.49. The Bertz CT molecular complexity index is 724. The lowest BCUT2D eigenvalue weighted by Gasteiger charge is -2.34. The van der Waals surface area contributed by atoms with E-state index in [2.05, 4.69) is 31.2 Å². The van der Waals surface area contributed by atoms with Gasteiger partial charge in [0.15, 0.2) is 6.10 Å². The molecule has 1 N–H and O–H groups in total. The summed E-state index contributed by atoms with van der Waals surface area (Å²) in [5, 5.41) is 9.72. The second-order valence-corrected chi connectivity index (χ2v) is 6.12. The van der Waals surface area contributed by atoms with Gasteiger partial charge in [-0.05, 0) is 36.1 Å². The first-order valence-electron chi connectivity index (χ1n) is 8.51. The molecule has 1 amide bonds. The highest BCUT2D eigenvalue weighted by molar-refractivity contribution is 6.00. The van der Waals surface area contributed by atoms with Gasteiger partial charge in [-0.15, -0.1) is 0 Å². The van der Waals surface area contributed by atoms with Gasteiger partial charge in [-0.2, -0.15) is 0 Å². The molecule has 0 spiro atoms. The van der Waals surface area contributed by atoms with Crippen molar-refractivity contribution in [3.05, 3.63) is 53.6 Å². The Labute approximate surface area is 142 Å². The topological polar surface area (TPSA) is 49.8 Å². The molecule has 1 unspecified atom stereocenters. The third-order valence-corrected chi connectivity index (χ3v) is 4.34. The molecular formula is C20H23NO3. The third kappa shape index (κ3) is 3.23. The maximum Gasteiger partial charge on any atom is 0.268 e. The summed E-state index contributed by atoms with van der Waals surface area (Å²) in [5.41, 5.74) is 3.02. The summed E-state index contributed by atoms with van der Waals surface area (Å²) in [6.07, 6.45) is 1.86. The Morgan fingerprint density at radius 1 is 1.08 bits per heavy atom. The Morgan fingerprint density at radius 3 is 2.46 bits per heavy atom. The number of hydrogen-bond acceptors (Lipinski definition) is 3. The van der Waals surface area contributed by atoms with Crippen molar-refractivity contribution in [2.45, 2.75) is 39.2 Å². The summed E-state index contributed by atoms with van der Waals surface area (Å²) < 4.78 is 5.93. The number of benzene rings is 2. The summed E-state index contributed by atoms with van der Waals surface area (Å²) in [7, 11) is 0. The van der Waals surface area contributed by atoms with E-state index in [0.717, 1.165) is 18.4 Å². The zero-order valence-corrected chi connectivity index (χ0v) is 14.2. The Kier molecular flexibility index (Phi) is 4.74. The molecule has 0 aliphatic carbocycles. The van der Waals surface area contributed by atoms with Gasteiger partial charge in [-0.3, -0.25) is 4.79 Å². The molecule has 1 aliphatic heterocycles. The molecule has 1 heterocycles. The normalized spacial score (nSPS) is 16.7. The number of amides is 1. The van der Waals surface area contributed by atoms with Gasteiger partial charge in [0, 0.05) is 19.0 Å². The molecule has 1 aliphatic rings. The highest BCUT2D eigenvalue weighted by Crippen LogP contribution is 2.37. The molecule has 3 rings (SSSR count). The van der Waals surface area contributed by atoms with Gasteiger partial charge < -0.3 is 14.7 Å². The highest BCUT2D eigenvalue weighted by atomic mass is 16.5. The van der Waals surface area contributed by atoms with E-state index in [1.54, 1.807) is 23.1 Å². The van der Waals surface area contributed by atoms with E-state index in [0.29, 0.717) is 24.4 Å². The first-order chi connectivity index (χ1) is 11.6. The number of carbonyl (C=O) groups excluding carboxylic acids is 1. The molecule has 0 saturated heterocycles. The molecule has 0 fully saturated rings. The van der Waals surface area contributed by atoms with Crippen LogP contribution in [0, 0.1) is 0 Å². The molecule has 2 aromatic carbocycles. The van der Waals surface area contributed by atoms with Gasteiger partial charge in [0.05, 0.1) is 5.69 Å².